The molecule has 0 bridgehead atoms. The summed E-state index contributed by atoms with van der Waals surface area (Å²) in [6, 6.07) is 13.6. The fourth-order valence-corrected chi connectivity index (χ4v) is 2.50. The van der Waals surface area contributed by atoms with Gasteiger partial charge in [0.2, 0.25) is 11.8 Å². The summed E-state index contributed by atoms with van der Waals surface area (Å²) in [5.41, 5.74) is 3.61. The van der Waals surface area contributed by atoms with Crippen molar-refractivity contribution in [3.05, 3.63) is 59.1 Å². The predicted octanol–water partition coefficient (Wildman–Crippen LogP) is 2.97. The van der Waals surface area contributed by atoms with Crippen LogP contribution in [-0.2, 0) is 14.4 Å². The lowest BCUT2D eigenvalue weighted by Gasteiger charge is -2.08. The summed E-state index contributed by atoms with van der Waals surface area (Å²) in [7, 11) is 0. The molecule has 0 atom stereocenters. The molecule has 0 fully saturated rings. The van der Waals surface area contributed by atoms with E-state index < -0.39 is 5.91 Å². The van der Waals surface area contributed by atoms with Crippen LogP contribution in [0.15, 0.2) is 53.6 Å². The number of hydrogen-bond acceptors (Lipinski definition) is 5. The summed E-state index contributed by atoms with van der Waals surface area (Å²) in [5, 5.41) is 9.71. The molecule has 2 aromatic rings. The molecule has 0 saturated heterocycles. The van der Waals surface area contributed by atoms with Crippen molar-refractivity contribution in [3.63, 3.8) is 0 Å². The van der Waals surface area contributed by atoms with Crippen molar-refractivity contribution in [1.29, 1.82) is 0 Å². The van der Waals surface area contributed by atoms with Gasteiger partial charge in [-0.15, -0.1) is 0 Å². The minimum atomic E-state index is -0.497. The van der Waals surface area contributed by atoms with Crippen molar-refractivity contribution in [2.75, 3.05) is 18.5 Å². The quantitative estimate of drug-likeness (QED) is 0.297. The van der Waals surface area contributed by atoms with Crippen molar-refractivity contribution in [3.8, 4) is 5.75 Å². The molecule has 3 N–H and O–H groups in total. The minimum absolute atomic E-state index is 0.158. The third-order valence-electron chi connectivity index (χ3n) is 3.79. The molecule has 0 radical (unpaired) electrons. The highest BCUT2D eigenvalue weighted by molar-refractivity contribution is 6.30. The molecule has 0 unspecified atom stereocenters. The van der Waals surface area contributed by atoms with Crippen LogP contribution in [-0.4, -0.2) is 37.1 Å². The van der Waals surface area contributed by atoms with Gasteiger partial charge in [-0.1, -0.05) is 31.5 Å². The number of halogens is 1. The fraction of sp³-hybridized carbons (Fsp3) is 0.273. The van der Waals surface area contributed by atoms with Crippen LogP contribution in [0.1, 0.15) is 25.8 Å². The highest BCUT2D eigenvalue weighted by Crippen LogP contribution is 2.15. The van der Waals surface area contributed by atoms with Crippen LogP contribution in [0.5, 0.6) is 5.75 Å². The van der Waals surface area contributed by atoms with E-state index in [0.717, 1.165) is 0 Å². The largest absolute Gasteiger partial charge is 0.484 e. The lowest BCUT2D eigenvalue weighted by Crippen LogP contribution is -2.32. The van der Waals surface area contributed by atoms with E-state index in [9.17, 15) is 14.4 Å². The first-order valence-electron chi connectivity index (χ1n) is 9.68. The second-order valence-corrected chi connectivity index (χ2v) is 7.52. The van der Waals surface area contributed by atoms with Gasteiger partial charge >= 0.3 is 0 Å². The maximum absolute atomic E-state index is 12.0. The molecule has 0 aromatic heterocycles. The molecule has 0 aliphatic heterocycles. The van der Waals surface area contributed by atoms with Crippen LogP contribution in [0.25, 0.3) is 0 Å². The number of nitrogens with zero attached hydrogens (tertiary/aromatic N) is 1. The molecule has 3 amide bonds. The van der Waals surface area contributed by atoms with E-state index in [1.54, 1.807) is 48.5 Å². The van der Waals surface area contributed by atoms with Crippen LogP contribution in [0.3, 0.4) is 0 Å². The summed E-state index contributed by atoms with van der Waals surface area (Å²) in [4.78, 5) is 35.2. The van der Waals surface area contributed by atoms with Gasteiger partial charge in [0.25, 0.3) is 5.91 Å². The summed E-state index contributed by atoms with van der Waals surface area (Å²) in [5.74, 6) is -0.336. The van der Waals surface area contributed by atoms with E-state index in [1.165, 1.54) is 6.21 Å². The summed E-state index contributed by atoms with van der Waals surface area (Å²) >= 11 is 5.88. The number of rotatable bonds is 10. The van der Waals surface area contributed by atoms with Gasteiger partial charge in [0.15, 0.2) is 6.61 Å². The smallest absolute Gasteiger partial charge is 0.262 e. The van der Waals surface area contributed by atoms with E-state index in [-0.39, 0.29) is 24.8 Å². The third kappa shape index (κ3) is 9.77. The first-order chi connectivity index (χ1) is 14.8. The Kier molecular flexibility index (Phi) is 9.51. The van der Waals surface area contributed by atoms with Crippen LogP contribution < -0.4 is 20.8 Å². The third-order valence-corrected chi connectivity index (χ3v) is 4.02. The summed E-state index contributed by atoms with van der Waals surface area (Å²) < 4.78 is 5.45. The van der Waals surface area contributed by atoms with Crippen LogP contribution in [0.4, 0.5) is 5.69 Å². The number of hydrogen-bond donors (Lipinski definition) is 3. The molecule has 2 aromatic carbocycles. The predicted molar refractivity (Wildman–Crippen MR) is 120 cm³/mol. The van der Waals surface area contributed by atoms with E-state index in [4.69, 9.17) is 16.3 Å². The van der Waals surface area contributed by atoms with E-state index in [0.29, 0.717) is 34.5 Å². The van der Waals surface area contributed by atoms with Gasteiger partial charge in [-0.3, -0.25) is 14.4 Å². The molecular formula is C22H25ClN4O4. The van der Waals surface area contributed by atoms with Crippen molar-refractivity contribution in [2.45, 2.75) is 20.3 Å². The van der Waals surface area contributed by atoms with Crippen molar-refractivity contribution in [1.82, 2.24) is 10.7 Å². The fourth-order valence-electron chi connectivity index (χ4n) is 2.31. The Labute approximate surface area is 186 Å². The van der Waals surface area contributed by atoms with Crippen LogP contribution in [0.2, 0.25) is 5.02 Å². The van der Waals surface area contributed by atoms with Gasteiger partial charge < -0.3 is 15.4 Å². The first-order valence-corrected chi connectivity index (χ1v) is 10.1. The maximum atomic E-state index is 12.0. The molecule has 0 saturated carbocycles. The zero-order chi connectivity index (χ0) is 22.6. The molecule has 9 heteroatoms. The van der Waals surface area contributed by atoms with Crippen molar-refractivity contribution in [2.24, 2.45) is 11.0 Å². The zero-order valence-corrected chi connectivity index (χ0v) is 18.1. The lowest BCUT2D eigenvalue weighted by atomic mass is 10.2. The second-order valence-electron chi connectivity index (χ2n) is 7.08. The molecular weight excluding hydrogens is 420 g/mol. The van der Waals surface area contributed by atoms with Crippen LogP contribution >= 0.6 is 11.6 Å². The SMILES string of the molecule is CC(C)CNC(=O)CC(=O)N/N=C/c1ccc(OCC(=O)Nc2cccc(Cl)c2)cc1. The monoisotopic (exact) mass is 444 g/mol. The van der Waals surface area contributed by atoms with Gasteiger partial charge in [-0.25, -0.2) is 5.43 Å². The number of carbonyl (C=O) groups is 3. The van der Waals surface area contributed by atoms with Crippen molar-refractivity contribution < 1.29 is 19.1 Å². The summed E-state index contributed by atoms with van der Waals surface area (Å²) in [6.07, 6.45) is 1.16. The second kappa shape index (κ2) is 12.3. The molecule has 2 rings (SSSR count). The molecule has 0 aliphatic carbocycles. The standard InChI is InChI=1S/C22H25ClN4O4/c1-15(2)12-24-20(28)11-21(29)27-25-13-16-6-8-19(9-7-16)31-14-22(30)26-18-5-3-4-17(23)10-18/h3-10,13,15H,11-12,14H2,1-2H3,(H,24,28)(H,26,30)(H,27,29)/b25-13+. The van der Waals surface area contributed by atoms with Gasteiger partial charge in [0.05, 0.1) is 6.21 Å². The summed E-state index contributed by atoms with van der Waals surface area (Å²) in [6.45, 7) is 4.30. The maximum Gasteiger partial charge on any atom is 0.262 e. The number of benzene rings is 2. The molecule has 0 aliphatic rings. The molecule has 31 heavy (non-hydrogen) atoms. The van der Waals surface area contributed by atoms with Gasteiger partial charge in [0, 0.05) is 17.3 Å². The number of ether oxygens (including phenoxy) is 1. The number of anilines is 1. The number of carbonyl (C=O) groups excluding carboxylic acids is 3. The Bertz CT molecular complexity index is 929. The first kappa shape index (κ1) is 23.9. The molecule has 8 nitrogen and oxygen atoms in total. The Hall–Kier alpha value is -3.39. The number of amides is 3. The van der Waals surface area contributed by atoms with E-state index in [1.807, 2.05) is 13.8 Å². The Morgan fingerprint density at radius 1 is 1.06 bits per heavy atom. The van der Waals surface area contributed by atoms with Crippen LogP contribution in [0, 0.1) is 5.92 Å². The van der Waals surface area contributed by atoms with E-state index in [2.05, 4.69) is 21.2 Å². The normalized spacial score (nSPS) is 10.7. The highest BCUT2D eigenvalue weighted by Gasteiger charge is 2.08. The van der Waals surface area contributed by atoms with Crippen molar-refractivity contribution >= 4 is 41.2 Å². The Morgan fingerprint density at radius 3 is 2.48 bits per heavy atom. The Morgan fingerprint density at radius 2 is 1.81 bits per heavy atom. The topological polar surface area (TPSA) is 109 Å². The Balaban J connectivity index is 1.72. The molecule has 164 valence electrons. The van der Waals surface area contributed by atoms with E-state index >= 15 is 0 Å². The number of nitrogens with one attached hydrogen (secondary N) is 3. The van der Waals surface area contributed by atoms with Gasteiger partial charge in [-0.2, -0.15) is 5.10 Å². The average molecular weight is 445 g/mol. The molecule has 0 heterocycles. The average Bonchev–Trinajstić information content (AvgIpc) is 2.71. The zero-order valence-electron chi connectivity index (χ0n) is 17.4. The minimum Gasteiger partial charge on any atom is -0.484 e. The lowest BCUT2D eigenvalue weighted by molar-refractivity contribution is -0.129. The van der Waals surface area contributed by atoms with Gasteiger partial charge in [0.1, 0.15) is 12.2 Å². The molecule has 0 spiro atoms. The number of hydrazone groups is 1. The highest BCUT2D eigenvalue weighted by atomic mass is 35.5. The van der Waals surface area contributed by atoms with Gasteiger partial charge in [-0.05, 0) is 53.9 Å².